The Morgan fingerprint density at radius 1 is 1.00 bits per heavy atom. The van der Waals surface area contributed by atoms with Crippen molar-refractivity contribution in [2.24, 2.45) is 0 Å². The molecule has 0 aromatic heterocycles. The number of nitrogens with zero attached hydrogens (tertiary/aromatic N) is 2. The molecule has 0 aliphatic heterocycles. The number of nitrogens with one attached hydrogen (secondary N) is 3. The average molecular weight is 321 g/mol. The van der Waals surface area contributed by atoms with E-state index >= 15 is 0 Å². The first kappa shape index (κ1) is 18.4. The van der Waals surface area contributed by atoms with Gasteiger partial charge < -0.3 is 25.8 Å². The quantitative estimate of drug-likeness (QED) is 0.707. The van der Waals surface area contributed by atoms with Crippen LogP contribution in [0.5, 0.6) is 0 Å². The van der Waals surface area contributed by atoms with Crippen molar-refractivity contribution in [3.8, 4) is 0 Å². The van der Waals surface area contributed by atoms with E-state index in [1.165, 1.54) is 4.90 Å². The normalized spacial score (nSPS) is 10.1. The highest BCUT2D eigenvalue weighted by molar-refractivity contribution is 5.95. The molecule has 3 N–H and O–H groups in total. The second-order valence-corrected chi connectivity index (χ2v) is 5.46. The molecule has 0 atom stereocenters. The van der Waals surface area contributed by atoms with Crippen LogP contribution in [0.4, 0.5) is 16.2 Å². The summed E-state index contributed by atoms with van der Waals surface area (Å²) >= 11 is 0. The van der Waals surface area contributed by atoms with Crippen molar-refractivity contribution < 1.29 is 14.4 Å². The van der Waals surface area contributed by atoms with Crippen LogP contribution in [0.1, 0.15) is 0 Å². The third-order valence-corrected chi connectivity index (χ3v) is 2.76. The van der Waals surface area contributed by atoms with Crippen molar-refractivity contribution in [3.63, 3.8) is 0 Å². The molecular weight excluding hydrogens is 298 g/mol. The van der Waals surface area contributed by atoms with Crippen molar-refractivity contribution in [1.29, 1.82) is 0 Å². The molecule has 0 spiro atoms. The van der Waals surface area contributed by atoms with E-state index in [4.69, 9.17) is 0 Å². The van der Waals surface area contributed by atoms with E-state index in [0.29, 0.717) is 11.4 Å². The summed E-state index contributed by atoms with van der Waals surface area (Å²) in [6, 6.07) is 6.28. The lowest BCUT2D eigenvalue weighted by molar-refractivity contribution is -0.127. The Kier molecular flexibility index (Phi) is 7.01. The minimum absolute atomic E-state index is 0.0852. The Hall–Kier alpha value is -2.61. The van der Waals surface area contributed by atoms with Gasteiger partial charge in [0.15, 0.2) is 0 Å². The summed E-state index contributed by atoms with van der Waals surface area (Å²) in [5.74, 6) is -0.349. The number of benzene rings is 1. The first-order valence-electron chi connectivity index (χ1n) is 7.07. The number of likely N-dealkylation sites (N-methyl/N-ethyl adjacent to an activating group) is 2. The second-order valence-electron chi connectivity index (χ2n) is 5.46. The van der Waals surface area contributed by atoms with Crippen LogP contribution in [0.2, 0.25) is 0 Å². The predicted octanol–water partition coefficient (Wildman–Crippen LogP) is 0.396. The van der Waals surface area contributed by atoms with Gasteiger partial charge >= 0.3 is 6.03 Å². The Balaban J connectivity index is 2.54. The molecule has 8 heteroatoms. The molecule has 126 valence electrons. The summed E-state index contributed by atoms with van der Waals surface area (Å²) in [5.41, 5.74) is 1.10. The molecule has 0 heterocycles. The van der Waals surface area contributed by atoms with Crippen LogP contribution in [0.15, 0.2) is 24.3 Å². The lowest BCUT2D eigenvalue weighted by atomic mass is 10.2. The summed E-state index contributed by atoms with van der Waals surface area (Å²) < 4.78 is 0. The molecule has 0 unspecified atom stereocenters. The summed E-state index contributed by atoms with van der Waals surface area (Å²) in [6.45, 7) is 0.183. The second kappa shape index (κ2) is 8.74. The van der Waals surface area contributed by atoms with Crippen molar-refractivity contribution in [2.45, 2.75) is 0 Å². The fourth-order valence-electron chi connectivity index (χ4n) is 1.65. The fourth-order valence-corrected chi connectivity index (χ4v) is 1.65. The van der Waals surface area contributed by atoms with Gasteiger partial charge in [-0.15, -0.1) is 0 Å². The third-order valence-electron chi connectivity index (χ3n) is 2.76. The molecule has 1 aromatic rings. The fraction of sp³-hybridized carbons (Fsp3) is 0.400. The number of carbonyl (C=O) groups excluding carboxylic acids is 3. The zero-order valence-electron chi connectivity index (χ0n) is 13.8. The smallest absolute Gasteiger partial charge is 0.319 e. The van der Waals surface area contributed by atoms with Gasteiger partial charge in [-0.05, 0) is 32.3 Å². The molecule has 0 saturated carbocycles. The lowest BCUT2D eigenvalue weighted by Crippen LogP contribution is -2.38. The molecule has 23 heavy (non-hydrogen) atoms. The largest absolute Gasteiger partial charge is 0.347 e. The molecule has 0 bridgehead atoms. The molecule has 4 amide bonds. The van der Waals surface area contributed by atoms with Gasteiger partial charge in [0.05, 0.1) is 13.1 Å². The molecule has 0 aliphatic carbocycles. The highest BCUT2D eigenvalue weighted by Gasteiger charge is 2.08. The van der Waals surface area contributed by atoms with Crippen LogP contribution < -0.4 is 16.0 Å². The van der Waals surface area contributed by atoms with Crippen LogP contribution in [-0.2, 0) is 9.59 Å². The standard InChI is InChI=1S/C15H23N5O3/c1-19(2)10-13(21)17-11-6-5-7-12(8-11)18-15(23)16-9-14(22)20(3)4/h5-8H,9-10H2,1-4H3,(H,17,21)(H2,16,18,23). The van der Waals surface area contributed by atoms with E-state index in [1.807, 2.05) is 0 Å². The third kappa shape index (κ3) is 7.28. The summed E-state index contributed by atoms with van der Waals surface area (Å²) in [7, 11) is 6.83. The number of anilines is 2. The Morgan fingerprint density at radius 2 is 1.61 bits per heavy atom. The minimum Gasteiger partial charge on any atom is -0.347 e. The molecule has 0 radical (unpaired) electrons. The number of carbonyl (C=O) groups is 3. The van der Waals surface area contributed by atoms with E-state index in [0.717, 1.165) is 0 Å². The van der Waals surface area contributed by atoms with Crippen molar-refractivity contribution in [1.82, 2.24) is 15.1 Å². The summed E-state index contributed by atoms with van der Waals surface area (Å²) in [4.78, 5) is 38.0. The number of hydrogen-bond acceptors (Lipinski definition) is 4. The molecule has 0 fully saturated rings. The van der Waals surface area contributed by atoms with Crippen molar-refractivity contribution in [2.75, 3.05) is 51.9 Å². The van der Waals surface area contributed by atoms with Crippen molar-refractivity contribution in [3.05, 3.63) is 24.3 Å². The van der Waals surface area contributed by atoms with Gasteiger partial charge in [-0.1, -0.05) is 6.07 Å². The van der Waals surface area contributed by atoms with Gasteiger partial charge in [-0.25, -0.2) is 4.79 Å². The maximum atomic E-state index is 11.7. The highest BCUT2D eigenvalue weighted by atomic mass is 16.2. The average Bonchev–Trinajstić information content (AvgIpc) is 2.43. The maximum absolute atomic E-state index is 11.7. The van der Waals surface area contributed by atoms with E-state index < -0.39 is 6.03 Å². The van der Waals surface area contributed by atoms with Crippen LogP contribution >= 0.6 is 0 Å². The van der Waals surface area contributed by atoms with Gasteiger partial charge in [0.1, 0.15) is 0 Å². The number of rotatable bonds is 6. The number of hydrogen-bond donors (Lipinski definition) is 3. The Morgan fingerprint density at radius 3 is 2.17 bits per heavy atom. The predicted molar refractivity (Wildman–Crippen MR) is 89.3 cm³/mol. The number of amides is 4. The zero-order valence-corrected chi connectivity index (χ0v) is 13.8. The van der Waals surface area contributed by atoms with Crippen LogP contribution in [0.25, 0.3) is 0 Å². The van der Waals surface area contributed by atoms with Gasteiger partial charge in [-0.2, -0.15) is 0 Å². The molecule has 0 saturated heterocycles. The van der Waals surface area contributed by atoms with E-state index in [-0.39, 0.29) is 24.9 Å². The zero-order chi connectivity index (χ0) is 17.4. The maximum Gasteiger partial charge on any atom is 0.319 e. The first-order valence-corrected chi connectivity index (χ1v) is 7.07. The number of urea groups is 1. The van der Waals surface area contributed by atoms with Crippen LogP contribution in [-0.4, -0.2) is 68.9 Å². The van der Waals surface area contributed by atoms with Gasteiger partial charge in [-0.3, -0.25) is 9.59 Å². The first-order chi connectivity index (χ1) is 10.8. The molecule has 8 nitrogen and oxygen atoms in total. The van der Waals surface area contributed by atoms with Gasteiger partial charge in [0, 0.05) is 25.5 Å². The summed E-state index contributed by atoms with van der Waals surface area (Å²) in [5, 5.41) is 7.81. The van der Waals surface area contributed by atoms with Crippen LogP contribution in [0.3, 0.4) is 0 Å². The monoisotopic (exact) mass is 321 g/mol. The molecule has 1 rings (SSSR count). The van der Waals surface area contributed by atoms with E-state index in [9.17, 15) is 14.4 Å². The van der Waals surface area contributed by atoms with Crippen LogP contribution in [0, 0.1) is 0 Å². The molecule has 1 aromatic carbocycles. The minimum atomic E-state index is -0.489. The lowest BCUT2D eigenvalue weighted by Gasteiger charge is -2.13. The molecule has 0 aliphatic rings. The van der Waals surface area contributed by atoms with Crippen molar-refractivity contribution >= 4 is 29.2 Å². The van der Waals surface area contributed by atoms with Gasteiger partial charge in [0.25, 0.3) is 0 Å². The summed E-state index contributed by atoms with van der Waals surface area (Å²) in [6.07, 6.45) is 0. The highest BCUT2D eigenvalue weighted by Crippen LogP contribution is 2.14. The van der Waals surface area contributed by atoms with E-state index in [2.05, 4.69) is 16.0 Å². The van der Waals surface area contributed by atoms with E-state index in [1.54, 1.807) is 57.4 Å². The SMILES string of the molecule is CN(C)CC(=O)Nc1cccc(NC(=O)NCC(=O)N(C)C)c1. The van der Waals surface area contributed by atoms with Gasteiger partial charge in [0.2, 0.25) is 11.8 Å². The topological polar surface area (TPSA) is 93.8 Å². The Labute approximate surface area is 135 Å². The molecular formula is C15H23N5O3. The Bertz CT molecular complexity index is 572.